The Morgan fingerprint density at radius 2 is 1.93 bits per heavy atom. The lowest BCUT2D eigenvalue weighted by Crippen LogP contribution is -2.69. The number of piperazine rings is 1. The molecule has 2 saturated heterocycles. The van der Waals surface area contributed by atoms with E-state index in [1.165, 1.54) is 37.9 Å². The van der Waals surface area contributed by atoms with Crippen LogP contribution in [-0.2, 0) is 32.7 Å². The lowest BCUT2D eigenvalue weighted by atomic mass is 9.73. The number of likely N-dealkylation sites (N-methyl/N-ethyl adjacent to an activating group) is 1. The number of aliphatic hydroxyl groups excluding tert-OH is 1. The van der Waals surface area contributed by atoms with E-state index in [4.69, 9.17) is 23.7 Å². The van der Waals surface area contributed by atoms with Crippen LogP contribution in [-0.4, -0.2) is 102 Å². The SMILES string of the molecule is COc1c(C)cc2c(c1O)[C@@H]1C3[C@@H]4SC[C@]5(NCCc6c5[nH]c5cc(F)ccc65)C(=O)COC[C@H](c5c6c(c(C)c(OC(C)=O)c54)OCO6)N3[C@@H](O)[C@H](C2)N1C. The van der Waals surface area contributed by atoms with Crippen molar-refractivity contribution < 1.29 is 47.9 Å². The van der Waals surface area contributed by atoms with E-state index < -0.39 is 41.1 Å². The average Bonchev–Trinajstić information content (AvgIpc) is 3.79. The van der Waals surface area contributed by atoms with Crippen molar-refractivity contribution >= 4 is 34.4 Å². The number of carbonyl (C=O) groups excluding carboxylic acids is 2. The van der Waals surface area contributed by atoms with Gasteiger partial charge in [0, 0.05) is 64.1 Å². The minimum Gasteiger partial charge on any atom is -0.504 e. The number of aromatic hydroxyl groups is 1. The second-order valence-corrected chi connectivity index (χ2v) is 16.9. The van der Waals surface area contributed by atoms with E-state index in [9.17, 15) is 24.2 Å². The first-order valence-corrected chi connectivity index (χ1v) is 20.0. The summed E-state index contributed by atoms with van der Waals surface area (Å²) in [5, 5.41) is 28.6. The number of aliphatic hydroxyl groups is 1. The van der Waals surface area contributed by atoms with E-state index in [-0.39, 0.29) is 49.2 Å². The summed E-state index contributed by atoms with van der Waals surface area (Å²) in [6.45, 7) is 5.25. The van der Waals surface area contributed by atoms with Crippen LogP contribution in [0.2, 0.25) is 0 Å². The number of carbonyl (C=O) groups is 2. The molecule has 56 heavy (non-hydrogen) atoms. The Balaban J connectivity index is 1.24. The molecule has 294 valence electrons. The largest absolute Gasteiger partial charge is 0.504 e. The monoisotopic (exact) mass is 786 g/mol. The molecule has 13 nitrogen and oxygen atoms in total. The molecule has 11 rings (SSSR count). The van der Waals surface area contributed by atoms with E-state index in [1.807, 2.05) is 27.0 Å². The highest BCUT2D eigenvalue weighted by atomic mass is 32.2. The van der Waals surface area contributed by atoms with Crippen molar-refractivity contribution in [2.75, 3.05) is 46.5 Å². The van der Waals surface area contributed by atoms with E-state index in [0.717, 1.165) is 22.1 Å². The van der Waals surface area contributed by atoms with Gasteiger partial charge in [-0.1, -0.05) is 6.07 Å². The molecule has 0 aliphatic carbocycles. The van der Waals surface area contributed by atoms with Crippen molar-refractivity contribution in [1.29, 1.82) is 0 Å². The molecule has 7 aliphatic rings. The molecule has 2 fully saturated rings. The molecule has 0 radical (unpaired) electrons. The number of nitrogens with zero attached hydrogens (tertiary/aromatic N) is 2. The Labute approximate surface area is 326 Å². The van der Waals surface area contributed by atoms with Crippen LogP contribution in [0.4, 0.5) is 4.39 Å². The van der Waals surface area contributed by atoms with E-state index in [1.54, 1.807) is 6.07 Å². The van der Waals surface area contributed by atoms with Crippen LogP contribution in [0, 0.1) is 19.7 Å². The summed E-state index contributed by atoms with van der Waals surface area (Å²) in [6.07, 6.45) is 0.0698. The van der Waals surface area contributed by atoms with Gasteiger partial charge in [0.25, 0.3) is 0 Å². The minimum absolute atomic E-state index is 0.0257. The molecule has 0 amide bonds. The van der Waals surface area contributed by atoms with Gasteiger partial charge in [-0.15, -0.1) is 11.8 Å². The highest BCUT2D eigenvalue weighted by Crippen LogP contribution is 2.64. The Hall–Kier alpha value is -4.38. The Morgan fingerprint density at radius 1 is 1.12 bits per heavy atom. The smallest absolute Gasteiger partial charge is 0.308 e. The molecule has 1 unspecified atom stereocenters. The third kappa shape index (κ3) is 4.84. The number of rotatable bonds is 2. The van der Waals surface area contributed by atoms with Gasteiger partial charge in [0.05, 0.1) is 37.1 Å². The van der Waals surface area contributed by atoms with Crippen LogP contribution in [0.5, 0.6) is 28.7 Å². The van der Waals surface area contributed by atoms with E-state index >= 15 is 0 Å². The minimum atomic E-state index is -1.27. The number of aromatic amines is 1. The number of aryl methyl sites for hydroxylation is 1. The third-order valence-corrected chi connectivity index (χ3v) is 14.4. The maximum Gasteiger partial charge on any atom is 0.308 e. The van der Waals surface area contributed by atoms with Crippen molar-refractivity contribution in [1.82, 2.24) is 20.1 Å². The number of ketones is 1. The Kier molecular flexibility index (Phi) is 8.24. The Bertz CT molecular complexity index is 2370. The molecule has 7 aliphatic heterocycles. The van der Waals surface area contributed by atoms with Gasteiger partial charge in [-0.25, -0.2) is 4.39 Å². The second-order valence-electron chi connectivity index (χ2n) is 15.8. The molecule has 1 spiro atoms. The number of thioether (sulfide) groups is 1. The number of nitrogens with one attached hydrogen (secondary N) is 2. The van der Waals surface area contributed by atoms with Gasteiger partial charge in [0.1, 0.15) is 29.9 Å². The van der Waals surface area contributed by atoms with Crippen LogP contribution in [0.1, 0.15) is 68.9 Å². The number of fused-ring (bicyclic) bond motifs is 12. The van der Waals surface area contributed by atoms with Crippen LogP contribution in [0.15, 0.2) is 24.3 Å². The number of methoxy groups -OCH3 is 1. The number of Topliss-reactive ketones (excluding diaryl/α,β-unsaturated/α-hetero) is 1. The first kappa shape index (κ1) is 36.0. The van der Waals surface area contributed by atoms with Gasteiger partial charge in [-0.2, -0.15) is 0 Å². The number of hydrogen-bond acceptors (Lipinski definition) is 13. The van der Waals surface area contributed by atoms with Crippen LogP contribution in [0.25, 0.3) is 10.9 Å². The van der Waals surface area contributed by atoms with Gasteiger partial charge in [-0.3, -0.25) is 24.7 Å². The van der Waals surface area contributed by atoms with Gasteiger partial charge in [0.2, 0.25) is 6.79 Å². The van der Waals surface area contributed by atoms with E-state index in [2.05, 4.69) is 20.1 Å². The number of benzene rings is 3. The molecule has 4 aromatic rings. The van der Waals surface area contributed by atoms with Gasteiger partial charge in [-0.05, 0) is 68.6 Å². The zero-order valence-electron chi connectivity index (χ0n) is 31.7. The zero-order valence-corrected chi connectivity index (χ0v) is 32.5. The van der Waals surface area contributed by atoms with Crippen LogP contribution < -0.4 is 24.3 Å². The highest BCUT2D eigenvalue weighted by molar-refractivity contribution is 7.99. The molecule has 4 bridgehead atoms. The second kappa shape index (κ2) is 12.8. The van der Waals surface area contributed by atoms with Gasteiger partial charge < -0.3 is 38.9 Å². The van der Waals surface area contributed by atoms with Crippen molar-refractivity contribution in [2.45, 2.75) is 74.8 Å². The summed E-state index contributed by atoms with van der Waals surface area (Å²) in [5.74, 6) is 0.782. The molecular formula is C41H43FN4O9S. The quantitative estimate of drug-likeness (QED) is 0.168. The predicted molar refractivity (Wildman–Crippen MR) is 203 cm³/mol. The van der Waals surface area contributed by atoms with Crippen molar-refractivity contribution in [3.05, 3.63) is 74.7 Å². The number of ether oxygens (including phenoxy) is 5. The maximum absolute atomic E-state index is 14.8. The van der Waals surface area contributed by atoms with E-state index in [0.29, 0.717) is 75.8 Å². The first-order valence-electron chi connectivity index (χ1n) is 18.9. The fourth-order valence-electron chi connectivity index (χ4n) is 10.6. The van der Waals surface area contributed by atoms with Crippen molar-refractivity contribution in [3.8, 4) is 28.7 Å². The summed E-state index contributed by atoms with van der Waals surface area (Å²) < 4.78 is 45.2. The number of phenols is 1. The molecule has 8 heterocycles. The number of phenolic OH excluding ortho intramolecular Hbond substituents is 1. The predicted octanol–water partition coefficient (Wildman–Crippen LogP) is 4.36. The number of halogens is 1. The molecule has 7 atom stereocenters. The van der Waals surface area contributed by atoms with Crippen LogP contribution in [0.3, 0.4) is 0 Å². The summed E-state index contributed by atoms with van der Waals surface area (Å²) in [7, 11) is 3.50. The summed E-state index contributed by atoms with van der Waals surface area (Å²) in [5.41, 5.74) is 5.28. The number of hydrogen-bond donors (Lipinski definition) is 4. The molecule has 4 N–H and O–H groups in total. The highest BCUT2D eigenvalue weighted by Gasteiger charge is 2.61. The topological polar surface area (TPSA) is 155 Å². The standard InChI is InChI=1S/C41H43FN4O9S/c1-17-10-20-11-25-40(50)46-26-13-52-14-27(48)41(39-23(8-9-43-41)22-7-6-21(42)12-24(22)44-39)15-56-38(32(46)31(45(25)4)28(20)33(49)34(17)51-5)30-29(26)37-36(53-16-54-37)18(2)35(30)55-19(3)47/h6-7,10,12,25-26,31-32,38,40,43-44,49-50H,8-9,11,13-16H2,1-5H3/t25-,26+,31+,32?,38+,40-,41-/m0/s1. The Morgan fingerprint density at radius 3 is 2.71 bits per heavy atom. The lowest BCUT2D eigenvalue weighted by molar-refractivity contribution is -0.181. The average molecular weight is 787 g/mol. The first-order chi connectivity index (χ1) is 26.9. The normalized spacial score (nSPS) is 29.4. The molecule has 15 heteroatoms. The summed E-state index contributed by atoms with van der Waals surface area (Å²) in [4.78, 5) is 35.4. The molecular weight excluding hydrogens is 744 g/mol. The molecule has 3 aromatic carbocycles. The lowest BCUT2D eigenvalue weighted by Gasteiger charge is -2.61. The summed E-state index contributed by atoms with van der Waals surface area (Å²) >= 11 is 1.51. The molecule has 1 aromatic heterocycles. The van der Waals surface area contributed by atoms with Gasteiger partial charge in [0.15, 0.2) is 28.8 Å². The fourth-order valence-corrected chi connectivity index (χ4v) is 12.4. The summed E-state index contributed by atoms with van der Waals surface area (Å²) in [6, 6.07) is 4.54. The number of aromatic nitrogens is 1. The fraction of sp³-hybridized carbons (Fsp3) is 0.463. The third-order valence-electron chi connectivity index (χ3n) is 12.9. The van der Waals surface area contributed by atoms with Gasteiger partial charge >= 0.3 is 5.97 Å². The van der Waals surface area contributed by atoms with Crippen molar-refractivity contribution in [2.24, 2.45) is 0 Å². The number of H-pyrrole nitrogens is 1. The van der Waals surface area contributed by atoms with Crippen LogP contribution >= 0.6 is 11.8 Å². The zero-order chi connectivity index (χ0) is 38.9. The maximum atomic E-state index is 14.8. The molecule has 0 saturated carbocycles. The van der Waals surface area contributed by atoms with Crippen molar-refractivity contribution in [3.63, 3.8) is 0 Å². The number of esters is 1.